The van der Waals surface area contributed by atoms with E-state index in [1.54, 1.807) is 0 Å². The van der Waals surface area contributed by atoms with Crippen LogP contribution in [0.2, 0.25) is 0 Å². The van der Waals surface area contributed by atoms with Crippen LogP contribution in [0.4, 0.5) is 0 Å². The molecule has 2 fully saturated rings. The maximum atomic E-state index is 5.76. The highest BCUT2D eigenvalue weighted by molar-refractivity contribution is 4.95. The summed E-state index contributed by atoms with van der Waals surface area (Å²) in [5.74, 6) is 0. The molecule has 0 aliphatic carbocycles. The minimum absolute atomic E-state index is 0.0130. The van der Waals surface area contributed by atoms with Gasteiger partial charge in [-0.25, -0.2) is 0 Å². The molecule has 0 saturated carbocycles. The molecule has 0 aromatic rings. The molecule has 0 N–H and O–H groups in total. The summed E-state index contributed by atoms with van der Waals surface area (Å²) in [5.41, 5.74) is 0. The van der Waals surface area contributed by atoms with E-state index in [9.17, 15) is 0 Å². The van der Waals surface area contributed by atoms with Gasteiger partial charge >= 0.3 is 0 Å². The number of fused-ring (bicyclic) bond motifs is 1. The van der Waals surface area contributed by atoms with Crippen LogP contribution < -0.4 is 0 Å². The molecule has 0 radical (unpaired) electrons. The lowest BCUT2D eigenvalue weighted by atomic mass is 10.1. The first-order chi connectivity index (χ1) is 9.86. The van der Waals surface area contributed by atoms with Crippen molar-refractivity contribution >= 4 is 0 Å². The van der Waals surface area contributed by atoms with Crippen LogP contribution >= 0.6 is 0 Å². The highest BCUT2D eigenvalue weighted by Gasteiger charge is 2.48. The molecule has 0 spiro atoms. The molecule has 2 aliphatic heterocycles. The van der Waals surface area contributed by atoms with Crippen molar-refractivity contribution in [1.82, 2.24) is 0 Å². The Morgan fingerprint density at radius 3 is 1.60 bits per heavy atom. The van der Waals surface area contributed by atoms with Gasteiger partial charge in [-0.3, -0.25) is 0 Å². The molecule has 0 unspecified atom stereocenters. The summed E-state index contributed by atoms with van der Waals surface area (Å²) in [6.45, 7) is 8.86. The van der Waals surface area contributed by atoms with Gasteiger partial charge in [-0.1, -0.05) is 0 Å². The monoisotopic (exact) mass is 290 g/mol. The van der Waals surface area contributed by atoms with Crippen LogP contribution in [0, 0.1) is 0 Å². The van der Waals surface area contributed by atoms with Crippen LogP contribution in [0.5, 0.6) is 0 Å². The second kappa shape index (κ2) is 8.92. The van der Waals surface area contributed by atoms with E-state index < -0.39 is 0 Å². The first-order valence-electron chi connectivity index (χ1n) is 7.48. The number of hydrogen-bond acceptors (Lipinski definition) is 6. The molecule has 0 aromatic heterocycles. The van der Waals surface area contributed by atoms with Crippen molar-refractivity contribution in [2.75, 3.05) is 52.9 Å². The molecule has 2 rings (SSSR count). The van der Waals surface area contributed by atoms with E-state index in [2.05, 4.69) is 0 Å². The van der Waals surface area contributed by atoms with Gasteiger partial charge in [0, 0.05) is 13.2 Å². The highest BCUT2D eigenvalue weighted by atomic mass is 16.6. The van der Waals surface area contributed by atoms with Crippen molar-refractivity contribution in [1.29, 1.82) is 0 Å². The van der Waals surface area contributed by atoms with E-state index in [-0.39, 0.29) is 24.4 Å². The fourth-order valence-electron chi connectivity index (χ4n) is 2.52. The second-order valence-electron chi connectivity index (χ2n) is 4.81. The van der Waals surface area contributed by atoms with Crippen molar-refractivity contribution in [3.8, 4) is 0 Å². The summed E-state index contributed by atoms with van der Waals surface area (Å²) in [7, 11) is 0. The fraction of sp³-hybridized carbons (Fsp3) is 1.00. The van der Waals surface area contributed by atoms with Gasteiger partial charge in [0.25, 0.3) is 0 Å². The van der Waals surface area contributed by atoms with Gasteiger partial charge < -0.3 is 28.4 Å². The first kappa shape index (κ1) is 16.1. The molecule has 2 saturated heterocycles. The third-order valence-corrected chi connectivity index (χ3v) is 3.49. The second-order valence-corrected chi connectivity index (χ2v) is 4.81. The summed E-state index contributed by atoms with van der Waals surface area (Å²) in [6, 6.07) is 0. The Bertz CT molecular complexity index is 236. The summed E-state index contributed by atoms with van der Waals surface area (Å²) >= 11 is 0. The zero-order valence-corrected chi connectivity index (χ0v) is 12.4. The average molecular weight is 290 g/mol. The van der Waals surface area contributed by atoms with Gasteiger partial charge in [0.1, 0.15) is 24.4 Å². The molecule has 2 aliphatic rings. The minimum Gasteiger partial charge on any atom is -0.379 e. The fourth-order valence-corrected chi connectivity index (χ4v) is 2.52. The predicted octanol–water partition coefficient (Wildman–Crippen LogP) is 0.627. The molecule has 6 nitrogen and oxygen atoms in total. The highest BCUT2D eigenvalue weighted by Crippen LogP contribution is 2.30. The van der Waals surface area contributed by atoms with E-state index in [0.717, 1.165) is 0 Å². The van der Waals surface area contributed by atoms with Gasteiger partial charge in [0.05, 0.1) is 39.6 Å². The van der Waals surface area contributed by atoms with Crippen LogP contribution in [0.15, 0.2) is 0 Å². The van der Waals surface area contributed by atoms with E-state index in [0.29, 0.717) is 52.9 Å². The van der Waals surface area contributed by atoms with Gasteiger partial charge in [-0.15, -0.1) is 0 Å². The molecule has 2 heterocycles. The van der Waals surface area contributed by atoms with Crippen molar-refractivity contribution < 1.29 is 28.4 Å². The normalized spacial score (nSPS) is 32.7. The van der Waals surface area contributed by atoms with E-state index in [1.807, 2.05) is 13.8 Å². The smallest absolute Gasteiger partial charge is 0.115 e. The quantitative estimate of drug-likeness (QED) is 0.550. The summed E-state index contributed by atoms with van der Waals surface area (Å²) in [4.78, 5) is 0. The largest absolute Gasteiger partial charge is 0.379 e. The SMILES string of the molecule is CCOCCO[C@H]1CO[C@@H]2[C@H]1OC[C@H]2OCCOCC. The van der Waals surface area contributed by atoms with Gasteiger partial charge in [0.15, 0.2) is 0 Å². The summed E-state index contributed by atoms with van der Waals surface area (Å²) in [5, 5.41) is 0. The lowest BCUT2D eigenvalue weighted by molar-refractivity contribution is -0.0655. The Kier molecular flexibility index (Phi) is 7.19. The van der Waals surface area contributed by atoms with E-state index >= 15 is 0 Å². The Balaban J connectivity index is 1.65. The third kappa shape index (κ3) is 4.38. The van der Waals surface area contributed by atoms with Crippen LogP contribution in [0.1, 0.15) is 13.8 Å². The van der Waals surface area contributed by atoms with Gasteiger partial charge in [-0.2, -0.15) is 0 Å². The van der Waals surface area contributed by atoms with E-state index in [4.69, 9.17) is 28.4 Å². The van der Waals surface area contributed by atoms with Crippen molar-refractivity contribution in [3.05, 3.63) is 0 Å². The van der Waals surface area contributed by atoms with Crippen LogP contribution in [-0.2, 0) is 28.4 Å². The molecule has 118 valence electrons. The topological polar surface area (TPSA) is 55.4 Å². The molecule has 0 bridgehead atoms. The maximum absolute atomic E-state index is 5.76. The Morgan fingerprint density at radius 1 is 0.750 bits per heavy atom. The van der Waals surface area contributed by atoms with Crippen molar-refractivity contribution in [2.45, 2.75) is 38.3 Å². The van der Waals surface area contributed by atoms with Crippen LogP contribution in [0.3, 0.4) is 0 Å². The number of ether oxygens (including phenoxy) is 6. The molecule has 0 aromatic carbocycles. The third-order valence-electron chi connectivity index (χ3n) is 3.49. The summed E-state index contributed by atoms with van der Waals surface area (Å²) < 4.78 is 33.5. The first-order valence-corrected chi connectivity index (χ1v) is 7.48. The lowest BCUT2D eigenvalue weighted by Gasteiger charge is -2.17. The van der Waals surface area contributed by atoms with Crippen LogP contribution in [0.25, 0.3) is 0 Å². The standard InChI is InChI=1S/C14H26O6/c1-3-15-5-7-17-11-9-19-14-12(10-20-13(11)14)18-8-6-16-4-2/h11-14H,3-10H2,1-2H3/t11-,12+,13-,14-/m0/s1. The minimum atomic E-state index is -0.0197. The Labute approximate surface area is 120 Å². The zero-order valence-electron chi connectivity index (χ0n) is 12.4. The number of rotatable bonds is 10. The molecule has 0 amide bonds. The number of hydrogen-bond donors (Lipinski definition) is 0. The zero-order chi connectivity index (χ0) is 14.2. The molecular weight excluding hydrogens is 264 g/mol. The summed E-state index contributed by atoms with van der Waals surface area (Å²) in [6.07, 6.45) is -0.0654. The molecule has 4 atom stereocenters. The molecular formula is C14H26O6. The predicted molar refractivity (Wildman–Crippen MR) is 71.9 cm³/mol. The molecule has 20 heavy (non-hydrogen) atoms. The Morgan fingerprint density at radius 2 is 1.20 bits per heavy atom. The van der Waals surface area contributed by atoms with Gasteiger partial charge in [0.2, 0.25) is 0 Å². The Hall–Kier alpha value is -0.240. The molecule has 6 heteroatoms. The average Bonchev–Trinajstić information content (AvgIpc) is 3.03. The van der Waals surface area contributed by atoms with Gasteiger partial charge in [-0.05, 0) is 13.8 Å². The maximum Gasteiger partial charge on any atom is 0.115 e. The van der Waals surface area contributed by atoms with Crippen molar-refractivity contribution in [3.63, 3.8) is 0 Å². The lowest BCUT2D eigenvalue weighted by Crippen LogP contribution is -2.35. The van der Waals surface area contributed by atoms with Crippen molar-refractivity contribution in [2.24, 2.45) is 0 Å². The van der Waals surface area contributed by atoms with Crippen LogP contribution in [-0.4, -0.2) is 77.3 Å². The van der Waals surface area contributed by atoms with E-state index in [1.165, 1.54) is 0 Å².